The topological polar surface area (TPSA) is 29.3 Å². The lowest BCUT2D eigenvalue weighted by Gasteiger charge is -2.37. The van der Waals surface area contributed by atoms with Gasteiger partial charge in [-0.3, -0.25) is 0 Å². The van der Waals surface area contributed by atoms with Crippen LogP contribution in [0.3, 0.4) is 0 Å². The summed E-state index contributed by atoms with van der Waals surface area (Å²) >= 11 is 0. The molecule has 0 fully saturated rings. The van der Waals surface area contributed by atoms with Gasteiger partial charge in [-0.05, 0) is 54.7 Å². The van der Waals surface area contributed by atoms with E-state index < -0.39 is 0 Å². The molecule has 2 nitrogen and oxygen atoms in total. The van der Waals surface area contributed by atoms with E-state index in [1.54, 1.807) is 6.07 Å². The van der Waals surface area contributed by atoms with Crippen molar-refractivity contribution in [3.05, 3.63) is 65.0 Å². The minimum Gasteiger partial charge on any atom is -0.364 e. The lowest BCUT2D eigenvalue weighted by Crippen LogP contribution is -2.37. The second-order valence-corrected chi connectivity index (χ2v) is 5.76. The highest BCUT2D eigenvalue weighted by molar-refractivity contribution is 5.57. The zero-order valence-corrected chi connectivity index (χ0v) is 12.3. The number of nitrogens with two attached hydrogens (primary N) is 1. The van der Waals surface area contributed by atoms with Crippen LogP contribution in [0.15, 0.2) is 42.5 Å². The second kappa shape index (κ2) is 5.86. The second-order valence-electron chi connectivity index (χ2n) is 5.76. The standard InChI is InChI=1S/C18H21FN2/c1-13-6-7-14-4-2-3-5-18(14)21(13)12-15-8-9-17(19)10-16(15)11-20/h2-5,8-10,13H,6-7,11-12,20H2,1H3. The quantitative estimate of drug-likeness (QED) is 0.932. The van der Waals surface area contributed by atoms with Gasteiger partial charge in [-0.1, -0.05) is 24.3 Å². The van der Waals surface area contributed by atoms with E-state index in [-0.39, 0.29) is 5.82 Å². The smallest absolute Gasteiger partial charge is 0.123 e. The minimum atomic E-state index is -0.216. The third-order valence-corrected chi connectivity index (χ3v) is 4.39. The fraction of sp³-hybridized carbons (Fsp3) is 0.333. The number of halogens is 1. The maximum absolute atomic E-state index is 13.4. The molecule has 0 aliphatic carbocycles. The van der Waals surface area contributed by atoms with Crippen molar-refractivity contribution in [1.29, 1.82) is 0 Å². The number of fused-ring (bicyclic) bond motifs is 1. The number of hydrogen-bond donors (Lipinski definition) is 1. The molecule has 1 unspecified atom stereocenters. The Bertz CT molecular complexity index is 639. The van der Waals surface area contributed by atoms with Gasteiger partial charge < -0.3 is 10.6 Å². The molecule has 0 saturated heterocycles. The Morgan fingerprint density at radius 3 is 2.81 bits per heavy atom. The monoisotopic (exact) mass is 284 g/mol. The number of hydrogen-bond acceptors (Lipinski definition) is 2. The number of aryl methyl sites for hydroxylation is 1. The van der Waals surface area contributed by atoms with Crippen LogP contribution in [0, 0.1) is 5.82 Å². The largest absolute Gasteiger partial charge is 0.364 e. The summed E-state index contributed by atoms with van der Waals surface area (Å²) in [7, 11) is 0. The highest BCUT2D eigenvalue weighted by Crippen LogP contribution is 2.32. The third-order valence-electron chi connectivity index (χ3n) is 4.39. The first kappa shape index (κ1) is 14.1. The van der Waals surface area contributed by atoms with Crippen molar-refractivity contribution >= 4 is 5.69 Å². The molecule has 110 valence electrons. The number of para-hydroxylation sites is 1. The molecular formula is C18H21FN2. The molecule has 2 N–H and O–H groups in total. The molecule has 3 rings (SSSR count). The summed E-state index contributed by atoms with van der Waals surface area (Å²) in [6.07, 6.45) is 2.27. The van der Waals surface area contributed by atoms with Crippen LogP contribution in [-0.4, -0.2) is 6.04 Å². The zero-order valence-electron chi connectivity index (χ0n) is 12.3. The summed E-state index contributed by atoms with van der Waals surface area (Å²) in [6, 6.07) is 14.0. The lowest BCUT2D eigenvalue weighted by atomic mass is 9.95. The molecule has 21 heavy (non-hydrogen) atoms. The van der Waals surface area contributed by atoms with Crippen molar-refractivity contribution < 1.29 is 4.39 Å². The molecule has 0 spiro atoms. The third kappa shape index (κ3) is 2.79. The van der Waals surface area contributed by atoms with Crippen LogP contribution in [0.1, 0.15) is 30.0 Å². The van der Waals surface area contributed by atoms with Gasteiger partial charge in [-0.15, -0.1) is 0 Å². The molecular weight excluding hydrogens is 263 g/mol. The van der Waals surface area contributed by atoms with Gasteiger partial charge in [-0.25, -0.2) is 4.39 Å². The number of nitrogens with zero attached hydrogens (tertiary/aromatic N) is 1. The van der Waals surface area contributed by atoms with E-state index in [9.17, 15) is 4.39 Å². The van der Waals surface area contributed by atoms with Crippen molar-refractivity contribution in [1.82, 2.24) is 0 Å². The van der Waals surface area contributed by atoms with E-state index in [1.807, 2.05) is 6.07 Å². The molecule has 0 saturated carbocycles. The van der Waals surface area contributed by atoms with Gasteiger partial charge in [0.2, 0.25) is 0 Å². The zero-order chi connectivity index (χ0) is 14.8. The highest BCUT2D eigenvalue weighted by atomic mass is 19.1. The molecule has 0 amide bonds. The fourth-order valence-corrected chi connectivity index (χ4v) is 3.12. The first-order valence-electron chi connectivity index (χ1n) is 7.51. The van der Waals surface area contributed by atoms with Crippen LogP contribution in [0.2, 0.25) is 0 Å². The van der Waals surface area contributed by atoms with Gasteiger partial charge in [-0.2, -0.15) is 0 Å². The molecule has 2 aromatic carbocycles. The summed E-state index contributed by atoms with van der Waals surface area (Å²) in [5, 5.41) is 0. The number of anilines is 1. The van der Waals surface area contributed by atoms with Crippen LogP contribution in [0.5, 0.6) is 0 Å². The van der Waals surface area contributed by atoms with Crippen LogP contribution >= 0.6 is 0 Å². The van der Waals surface area contributed by atoms with E-state index in [0.717, 1.165) is 30.5 Å². The van der Waals surface area contributed by atoms with Gasteiger partial charge in [0.25, 0.3) is 0 Å². The van der Waals surface area contributed by atoms with Crippen LogP contribution < -0.4 is 10.6 Å². The average Bonchev–Trinajstić information content (AvgIpc) is 2.51. The maximum atomic E-state index is 13.4. The van der Waals surface area contributed by atoms with Crippen LogP contribution in [0.25, 0.3) is 0 Å². The Kier molecular flexibility index (Phi) is 3.93. The molecule has 3 heteroatoms. The Morgan fingerprint density at radius 1 is 1.19 bits per heavy atom. The van der Waals surface area contributed by atoms with Gasteiger partial charge >= 0.3 is 0 Å². The predicted molar refractivity (Wildman–Crippen MR) is 84.7 cm³/mol. The molecule has 2 aromatic rings. The minimum absolute atomic E-state index is 0.216. The van der Waals surface area contributed by atoms with Crippen LogP contribution in [0.4, 0.5) is 10.1 Å². The molecule has 1 aliphatic rings. The highest BCUT2D eigenvalue weighted by Gasteiger charge is 2.23. The van der Waals surface area contributed by atoms with Gasteiger partial charge in [0.05, 0.1) is 0 Å². The first-order chi connectivity index (χ1) is 10.2. The summed E-state index contributed by atoms with van der Waals surface area (Å²) in [6.45, 7) is 3.41. The predicted octanol–water partition coefficient (Wildman–Crippen LogP) is 3.63. The normalized spacial score (nSPS) is 17.7. The summed E-state index contributed by atoms with van der Waals surface area (Å²) < 4.78 is 13.4. The maximum Gasteiger partial charge on any atom is 0.123 e. The Hall–Kier alpha value is -1.87. The van der Waals surface area contributed by atoms with Gasteiger partial charge in [0.15, 0.2) is 0 Å². The molecule has 0 bridgehead atoms. The fourth-order valence-electron chi connectivity index (χ4n) is 3.12. The molecule has 0 radical (unpaired) electrons. The Labute approximate surface area is 125 Å². The SMILES string of the molecule is CC1CCc2ccccc2N1Cc1ccc(F)cc1CN. The van der Waals surface area contributed by atoms with Crippen molar-refractivity contribution in [2.45, 2.75) is 38.9 Å². The van der Waals surface area contributed by atoms with E-state index in [4.69, 9.17) is 5.73 Å². The molecule has 1 atom stereocenters. The summed E-state index contributed by atoms with van der Waals surface area (Å²) in [5.74, 6) is -0.216. The summed E-state index contributed by atoms with van der Waals surface area (Å²) in [5.41, 5.74) is 10.5. The van der Waals surface area contributed by atoms with Crippen molar-refractivity contribution in [3.63, 3.8) is 0 Å². The molecule has 0 aromatic heterocycles. The molecule has 1 heterocycles. The van der Waals surface area contributed by atoms with Crippen molar-refractivity contribution in [3.8, 4) is 0 Å². The van der Waals surface area contributed by atoms with Crippen molar-refractivity contribution in [2.75, 3.05) is 4.90 Å². The Morgan fingerprint density at radius 2 is 2.00 bits per heavy atom. The average molecular weight is 284 g/mol. The summed E-state index contributed by atoms with van der Waals surface area (Å²) in [4.78, 5) is 2.41. The van der Waals surface area contributed by atoms with Gasteiger partial charge in [0.1, 0.15) is 5.82 Å². The van der Waals surface area contributed by atoms with E-state index in [0.29, 0.717) is 12.6 Å². The Balaban J connectivity index is 1.94. The van der Waals surface area contributed by atoms with Gasteiger partial charge in [0, 0.05) is 24.8 Å². The molecule has 1 aliphatic heterocycles. The van der Waals surface area contributed by atoms with E-state index >= 15 is 0 Å². The lowest BCUT2D eigenvalue weighted by molar-refractivity contribution is 0.558. The first-order valence-corrected chi connectivity index (χ1v) is 7.51. The number of rotatable bonds is 3. The number of benzene rings is 2. The van der Waals surface area contributed by atoms with Crippen molar-refractivity contribution in [2.24, 2.45) is 5.73 Å². The van der Waals surface area contributed by atoms with E-state index in [1.165, 1.54) is 17.3 Å². The van der Waals surface area contributed by atoms with E-state index in [2.05, 4.69) is 36.1 Å². The van der Waals surface area contributed by atoms with Crippen LogP contribution in [-0.2, 0) is 19.5 Å².